The van der Waals surface area contributed by atoms with Crippen LogP contribution in [0.15, 0.2) is 40.2 Å². The van der Waals surface area contributed by atoms with Crippen LogP contribution in [0, 0.1) is 6.92 Å². The van der Waals surface area contributed by atoms with Gasteiger partial charge in [0.2, 0.25) is 5.91 Å². The fourth-order valence-electron chi connectivity index (χ4n) is 1.76. The van der Waals surface area contributed by atoms with Crippen molar-refractivity contribution in [3.63, 3.8) is 0 Å². The molecule has 2 rings (SSSR count). The van der Waals surface area contributed by atoms with Crippen molar-refractivity contribution in [1.29, 1.82) is 0 Å². The van der Waals surface area contributed by atoms with Gasteiger partial charge in [-0.25, -0.2) is 4.98 Å². The van der Waals surface area contributed by atoms with Crippen LogP contribution in [0.2, 0.25) is 0 Å². The molecule has 0 radical (unpaired) electrons. The molecule has 2 aromatic rings. The first-order valence-corrected chi connectivity index (χ1v) is 8.08. The highest BCUT2D eigenvalue weighted by atomic mass is 79.9. The Morgan fingerprint density at radius 1 is 1.50 bits per heavy atom. The van der Waals surface area contributed by atoms with Crippen molar-refractivity contribution in [3.8, 4) is 0 Å². The molecule has 0 saturated heterocycles. The minimum absolute atomic E-state index is 0.0222. The van der Waals surface area contributed by atoms with Gasteiger partial charge in [0.25, 0.3) is 0 Å². The minimum Gasteiger partial charge on any atom is -0.326 e. The normalized spacial score (nSPS) is 10.6. The molecule has 1 amide bonds. The number of carbonyl (C=O) groups is 1. The highest BCUT2D eigenvalue weighted by molar-refractivity contribution is 9.10. The molecular weight excluding hydrogens is 338 g/mol. The fraction of sp³-hybridized carbons (Fsp3) is 0.286. The summed E-state index contributed by atoms with van der Waals surface area (Å²) in [5.74, 6) is 0.332. The lowest BCUT2D eigenvalue weighted by Gasteiger charge is -2.09. The van der Waals surface area contributed by atoms with Crippen molar-refractivity contribution in [2.45, 2.75) is 25.5 Å². The van der Waals surface area contributed by atoms with Gasteiger partial charge in [0, 0.05) is 29.1 Å². The monoisotopic (exact) mass is 353 g/mol. The molecule has 0 aliphatic rings. The third kappa shape index (κ3) is 3.86. The maximum Gasteiger partial charge on any atom is 0.234 e. The third-order valence-corrected chi connectivity index (χ3v) is 4.31. The second kappa shape index (κ2) is 6.95. The van der Waals surface area contributed by atoms with Gasteiger partial charge in [-0.05, 0) is 37.6 Å². The predicted molar refractivity (Wildman–Crippen MR) is 86.1 cm³/mol. The summed E-state index contributed by atoms with van der Waals surface area (Å²) in [7, 11) is 0. The number of rotatable bonds is 5. The van der Waals surface area contributed by atoms with Gasteiger partial charge < -0.3 is 9.88 Å². The van der Waals surface area contributed by atoms with Crippen LogP contribution in [-0.2, 0) is 11.3 Å². The third-order valence-electron chi connectivity index (χ3n) is 2.81. The Morgan fingerprint density at radius 2 is 2.30 bits per heavy atom. The Balaban J connectivity index is 1.93. The smallest absolute Gasteiger partial charge is 0.234 e. The van der Waals surface area contributed by atoms with Crippen LogP contribution in [0.4, 0.5) is 5.69 Å². The second-order valence-corrected chi connectivity index (χ2v) is 6.15. The number of amides is 1. The topological polar surface area (TPSA) is 46.9 Å². The van der Waals surface area contributed by atoms with Crippen LogP contribution < -0.4 is 5.32 Å². The van der Waals surface area contributed by atoms with Gasteiger partial charge in [-0.2, -0.15) is 0 Å². The molecule has 0 aliphatic carbocycles. The lowest BCUT2D eigenvalue weighted by molar-refractivity contribution is -0.113. The quantitative estimate of drug-likeness (QED) is 0.833. The number of anilines is 1. The molecule has 106 valence electrons. The first-order valence-electron chi connectivity index (χ1n) is 6.30. The van der Waals surface area contributed by atoms with E-state index in [9.17, 15) is 4.79 Å². The molecule has 0 saturated carbocycles. The van der Waals surface area contributed by atoms with E-state index in [0.717, 1.165) is 27.4 Å². The summed E-state index contributed by atoms with van der Waals surface area (Å²) in [5, 5.41) is 3.79. The number of carbonyl (C=O) groups excluding carboxylic acids is 1. The van der Waals surface area contributed by atoms with Crippen molar-refractivity contribution < 1.29 is 4.79 Å². The minimum atomic E-state index is -0.0222. The number of thioether (sulfide) groups is 1. The summed E-state index contributed by atoms with van der Waals surface area (Å²) in [6.07, 6.45) is 3.67. The van der Waals surface area contributed by atoms with E-state index >= 15 is 0 Å². The van der Waals surface area contributed by atoms with E-state index in [0.29, 0.717) is 5.75 Å². The summed E-state index contributed by atoms with van der Waals surface area (Å²) in [6, 6.07) is 5.79. The first-order chi connectivity index (χ1) is 9.60. The van der Waals surface area contributed by atoms with Crippen molar-refractivity contribution in [2.75, 3.05) is 11.1 Å². The lowest BCUT2D eigenvalue weighted by Crippen LogP contribution is -2.15. The van der Waals surface area contributed by atoms with Crippen LogP contribution in [0.3, 0.4) is 0 Å². The zero-order valence-corrected chi connectivity index (χ0v) is 13.8. The molecule has 0 aliphatic heterocycles. The largest absolute Gasteiger partial charge is 0.326 e. The van der Waals surface area contributed by atoms with Gasteiger partial charge in [-0.1, -0.05) is 27.7 Å². The van der Waals surface area contributed by atoms with Gasteiger partial charge in [0.05, 0.1) is 5.75 Å². The number of aromatic nitrogens is 2. The van der Waals surface area contributed by atoms with Crippen LogP contribution in [0.1, 0.15) is 12.5 Å². The van der Waals surface area contributed by atoms with Gasteiger partial charge in [-0.3, -0.25) is 4.79 Å². The Kier molecular flexibility index (Phi) is 5.25. The molecule has 0 bridgehead atoms. The van der Waals surface area contributed by atoms with Crippen LogP contribution in [0.25, 0.3) is 0 Å². The van der Waals surface area contributed by atoms with Crippen molar-refractivity contribution >= 4 is 39.3 Å². The van der Waals surface area contributed by atoms with E-state index in [1.807, 2.05) is 35.9 Å². The zero-order chi connectivity index (χ0) is 14.5. The number of imidazole rings is 1. The highest BCUT2D eigenvalue weighted by Crippen LogP contribution is 2.21. The Bertz CT molecular complexity index is 612. The molecule has 0 unspecified atom stereocenters. The molecule has 0 fully saturated rings. The molecular formula is C14H16BrN3OS. The lowest BCUT2D eigenvalue weighted by atomic mass is 10.2. The van der Waals surface area contributed by atoms with Gasteiger partial charge >= 0.3 is 0 Å². The second-order valence-electron chi connectivity index (χ2n) is 4.29. The van der Waals surface area contributed by atoms with Crippen LogP contribution in [0.5, 0.6) is 0 Å². The number of benzene rings is 1. The summed E-state index contributed by atoms with van der Waals surface area (Å²) >= 11 is 4.85. The average molecular weight is 354 g/mol. The van der Waals surface area contributed by atoms with Gasteiger partial charge in [0.1, 0.15) is 0 Å². The molecule has 0 atom stereocenters. The molecule has 1 aromatic heterocycles. The summed E-state index contributed by atoms with van der Waals surface area (Å²) < 4.78 is 3.02. The van der Waals surface area contributed by atoms with Crippen LogP contribution in [-0.4, -0.2) is 21.2 Å². The Labute approximate surface area is 131 Å². The average Bonchev–Trinajstić information content (AvgIpc) is 2.87. The molecule has 1 N–H and O–H groups in total. The molecule has 20 heavy (non-hydrogen) atoms. The molecule has 1 aromatic carbocycles. The highest BCUT2D eigenvalue weighted by Gasteiger charge is 2.08. The van der Waals surface area contributed by atoms with E-state index in [-0.39, 0.29) is 5.91 Å². The zero-order valence-electron chi connectivity index (χ0n) is 11.4. The van der Waals surface area contributed by atoms with E-state index in [2.05, 4.69) is 33.2 Å². The van der Waals surface area contributed by atoms with Gasteiger partial charge in [0.15, 0.2) is 5.16 Å². The number of nitrogens with zero attached hydrogens (tertiary/aromatic N) is 2. The number of hydrogen-bond donors (Lipinski definition) is 1. The van der Waals surface area contributed by atoms with Crippen LogP contribution >= 0.6 is 27.7 Å². The number of halogens is 1. The SMILES string of the molecule is CCn1ccnc1SCC(=O)Nc1ccc(Br)cc1C. The van der Waals surface area contributed by atoms with Crippen molar-refractivity contribution in [2.24, 2.45) is 0 Å². The first kappa shape index (κ1) is 15.1. The van der Waals surface area contributed by atoms with E-state index < -0.39 is 0 Å². The Hall–Kier alpha value is -1.27. The molecule has 6 heteroatoms. The number of hydrogen-bond acceptors (Lipinski definition) is 3. The fourth-order valence-corrected chi connectivity index (χ4v) is 3.06. The number of aryl methyl sites for hydroxylation is 2. The number of nitrogens with one attached hydrogen (secondary N) is 1. The van der Waals surface area contributed by atoms with E-state index in [1.54, 1.807) is 6.20 Å². The molecule has 4 nitrogen and oxygen atoms in total. The maximum absolute atomic E-state index is 12.0. The summed E-state index contributed by atoms with van der Waals surface area (Å²) in [4.78, 5) is 16.2. The van der Waals surface area contributed by atoms with E-state index in [1.165, 1.54) is 11.8 Å². The maximum atomic E-state index is 12.0. The molecule has 0 spiro atoms. The van der Waals surface area contributed by atoms with E-state index in [4.69, 9.17) is 0 Å². The molecule has 1 heterocycles. The summed E-state index contributed by atoms with van der Waals surface area (Å²) in [6.45, 7) is 4.88. The predicted octanol–water partition coefficient (Wildman–Crippen LogP) is 3.70. The van der Waals surface area contributed by atoms with Crippen molar-refractivity contribution in [1.82, 2.24) is 9.55 Å². The van der Waals surface area contributed by atoms with Gasteiger partial charge in [-0.15, -0.1) is 0 Å². The summed E-state index contributed by atoms with van der Waals surface area (Å²) in [5.41, 5.74) is 1.88. The standard InChI is InChI=1S/C14H16BrN3OS/c1-3-18-7-6-16-14(18)20-9-13(19)17-12-5-4-11(15)8-10(12)2/h4-8H,3,9H2,1-2H3,(H,17,19). The van der Waals surface area contributed by atoms with Crippen molar-refractivity contribution in [3.05, 3.63) is 40.6 Å². The Morgan fingerprint density at radius 3 is 3.00 bits per heavy atom.